The molecule has 1 aliphatic rings. The number of carbonyl (C=O) groups is 1. The summed E-state index contributed by atoms with van der Waals surface area (Å²) in [7, 11) is 0. The third-order valence-electron chi connectivity index (χ3n) is 4.64. The predicted molar refractivity (Wildman–Crippen MR) is 96.5 cm³/mol. The molecule has 1 rings (SSSR count). The fraction of sp³-hybridized carbons (Fsp3) is 0.650. The molecule has 0 heterocycles. The topological polar surface area (TPSA) is 77.8 Å². The highest BCUT2D eigenvalue weighted by atomic mass is 16.3. The van der Waals surface area contributed by atoms with E-state index in [0.717, 1.165) is 32.0 Å². The van der Waals surface area contributed by atoms with Gasteiger partial charge >= 0.3 is 0 Å². The van der Waals surface area contributed by atoms with Crippen molar-refractivity contribution in [2.45, 2.75) is 70.2 Å². The molecule has 0 aliphatic heterocycles. The Morgan fingerprint density at radius 2 is 1.92 bits per heavy atom. The van der Waals surface area contributed by atoms with Crippen LogP contribution >= 0.6 is 0 Å². The van der Waals surface area contributed by atoms with Crippen molar-refractivity contribution < 1.29 is 20.1 Å². The van der Waals surface area contributed by atoms with Gasteiger partial charge in [0.25, 0.3) is 0 Å². The Bertz CT molecular complexity index is 427. The second kappa shape index (κ2) is 12.2. The summed E-state index contributed by atoms with van der Waals surface area (Å²) in [5.41, 5.74) is 0. The van der Waals surface area contributed by atoms with Gasteiger partial charge in [-0.25, -0.2) is 0 Å². The molecule has 0 radical (unpaired) electrons. The van der Waals surface area contributed by atoms with Gasteiger partial charge in [-0.1, -0.05) is 56.6 Å². The molecule has 0 amide bonds. The van der Waals surface area contributed by atoms with E-state index in [1.54, 1.807) is 12.2 Å². The van der Waals surface area contributed by atoms with E-state index >= 15 is 0 Å². The number of hydrogen-bond acceptors (Lipinski definition) is 4. The Kier molecular flexibility index (Phi) is 10.6. The lowest BCUT2D eigenvalue weighted by Crippen LogP contribution is -2.20. The molecule has 0 bridgehead atoms. The zero-order valence-electron chi connectivity index (χ0n) is 14.6. The Morgan fingerprint density at radius 3 is 2.62 bits per heavy atom. The third kappa shape index (κ3) is 7.56. The summed E-state index contributed by atoms with van der Waals surface area (Å²) in [5.74, 6) is -0.165. The molecule has 136 valence electrons. The first-order chi connectivity index (χ1) is 11.6. The van der Waals surface area contributed by atoms with E-state index in [9.17, 15) is 20.1 Å². The number of aldehydes is 1. The average Bonchev–Trinajstić information content (AvgIpc) is 2.82. The van der Waals surface area contributed by atoms with Crippen LogP contribution < -0.4 is 0 Å². The van der Waals surface area contributed by atoms with Crippen molar-refractivity contribution in [3.05, 3.63) is 36.5 Å². The van der Waals surface area contributed by atoms with Crippen molar-refractivity contribution in [3.8, 4) is 0 Å². The number of aliphatic hydroxyl groups is 3. The van der Waals surface area contributed by atoms with Gasteiger partial charge in [-0.3, -0.25) is 4.79 Å². The molecule has 0 unspecified atom stereocenters. The summed E-state index contributed by atoms with van der Waals surface area (Å²) in [6.07, 6.45) is 15.7. The Morgan fingerprint density at radius 1 is 1.12 bits per heavy atom. The lowest BCUT2D eigenvalue weighted by atomic mass is 9.89. The smallest absolute Gasteiger partial charge is 0.142 e. The number of allylic oxidation sites excluding steroid dienone is 4. The highest BCUT2D eigenvalue weighted by molar-refractivity contribution is 5.64. The number of rotatable bonds is 11. The Hall–Kier alpha value is -1.23. The summed E-state index contributed by atoms with van der Waals surface area (Å²) >= 11 is 0. The van der Waals surface area contributed by atoms with Crippen LogP contribution in [-0.2, 0) is 4.79 Å². The first kappa shape index (κ1) is 20.8. The van der Waals surface area contributed by atoms with Crippen molar-refractivity contribution in [1.82, 2.24) is 0 Å². The van der Waals surface area contributed by atoms with Crippen molar-refractivity contribution in [2.75, 3.05) is 0 Å². The van der Waals surface area contributed by atoms with Gasteiger partial charge in [0.1, 0.15) is 6.29 Å². The SMILES string of the molecule is CCCCC[C@H](O)/C=C/[C@@H]1[C@@H](C/C=C\C/C=C/C=O)[C@@H](O)C[C@H]1O. The van der Waals surface area contributed by atoms with Gasteiger partial charge < -0.3 is 15.3 Å². The minimum absolute atomic E-state index is 0.0367. The summed E-state index contributed by atoms with van der Waals surface area (Å²) < 4.78 is 0. The quantitative estimate of drug-likeness (QED) is 0.235. The molecule has 3 N–H and O–H groups in total. The lowest BCUT2D eigenvalue weighted by Gasteiger charge is -2.19. The maximum absolute atomic E-state index is 10.2. The molecule has 1 fully saturated rings. The summed E-state index contributed by atoms with van der Waals surface area (Å²) in [6, 6.07) is 0. The van der Waals surface area contributed by atoms with Crippen LogP contribution in [0.5, 0.6) is 0 Å². The van der Waals surface area contributed by atoms with Crippen LogP contribution in [0.15, 0.2) is 36.5 Å². The van der Waals surface area contributed by atoms with E-state index in [1.807, 2.05) is 18.2 Å². The second-order valence-corrected chi connectivity index (χ2v) is 6.57. The Labute approximate surface area is 145 Å². The normalized spacial score (nSPS) is 29.2. The molecule has 4 nitrogen and oxygen atoms in total. The minimum atomic E-state index is -0.563. The molecule has 1 saturated carbocycles. The van der Waals surface area contributed by atoms with Crippen LogP contribution in [0.2, 0.25) is 0 Å². The van der Waals surface area contributed by atoms with E-state index in [0.29, 0.717) is 19.3 Å². The molecule has 1 aliphatic carbocycles. The monoisotopic (exact) mass is 336 g/mol. The fourth-order valence-corrected chi connectivity index (χ4v) is 3.22. The van der Waals surface area contributed by atoms with Gasteiger partial charge in [0.15, 0.2) is 0 Å². The molecule has 24 heavy (non-hydrogen) atoms. The number of unbranched alkanes of at least 4 members (excludes halogenated alkanes) is 2. The van der Waals surface area contributed by atoms with Crippen LogP contribution in [0, 0.1) is 11.8 Å². The summed E-state index contributed by atoms with van der Waals surface area (Å²) in [5, 5.41) is 30.3. The summed E-state index contributed by atoms with van der Waals surface area (Å²) in [6.45, 7) is 2.13. The van der Waals surface area contributed by atoms with Gasteiger partial charge in [0.05, 0.1) is 18.3 Å². The number of carbonyl (C=O) groups excluding carboxylic acids is 1. The van der Waals surface area contributed by atoms with E-state index in [4.69, 9.17) is 0 Å². The van der Waals surface area contributed by atoms with Crippen LogP contribution in [0.1, 0.15) is 51.9 Å². The maximum atomic E-state index is 10.2. The van der Waals surface area contributed by atoms with E-state index < -0.39 is 18.3 Å². The van der Waals surface area contributed by atoms with Crippen molar-refractivity contribution in [3.63, 3.8) is 0 Å². The zero-order chi connectivity index (χ0) is 17.8. The van der Waals surface area contributed by atoms with Crippen molar-refractivity contribution >= 4 is 6.29 Å². The van der Waals surface area contributed by atoms with Crippen LogP contribution in [0.25, 0.3) is 0 Å². The molecule has 0 aromatic carbocycles. The fourth-order valence-electron chi connectivity index (χ4n) is 3.22. The molecular weight excluding hydrogens is 304 g/mol. The van der Waals surface area contributed by atoms with Crippen LogP contribution in [0.3, 0.4) is 0 Å². The zero-order valence-corrected chi connectivity index (χ0v) is 14.6. The third-order valence-corrected chi connectivity index (χ3v) is 4.64. The molecule has 0 saturated heterocycles. The first-order valence-corrected chi connectivity index (χ1v) is 9.08. The highest BCUT2D eigenvalue weighted by Gasteiger charge is 2.39. The molecular formula is C20H32O4. The molecule has 5 atom stereocenters. The van der Waals surface area contributed by atoms with Gasteiger partial charge in [-0.15, -0.1) is 0 Å². The van der Waals surface area contributed by atoms with E-state index in [1.165, 1.54) is 6.08 Å². The average molecular weight is 336 g/mol. The van der Waals surface area contributed by atoms with E-state index in [2.05, 4.69) is 6.92 Å². The lowest BCUT2D eigenvalue weighted by molar-refractivity contribution is -0.104. The van der Waals surface area contributed by atoms with Gasteiger partial charge in [0.2, 0.25) is 0 Å². The van der Waals surface area contributed by atoms with Crippen LogP contribution in [0.4, 0.5) is 0 Å². The number of hydrogen-bond donors (Lipinski definition) is 3. The Balaban J connectivity index is 2.52. The molecule has 0 aromatic rings. The van der Waals surface area contributed by atoms with Crippen molar-refractivity contribution in [1.29, 1.82) is 0 Å². The molecule has 4 heteroatoms. The largest absolute Gasteiger partial charge is 0.393 e. The van der Waals surface area contributed by atoms with Crippen LogP contribution in [-0.4, -0.2) is 39.9 Å². The van der Waals surface area contributed by atoms with E-state index in [-0.39, 0.29) is 11.8 Å². The highest BCUT2D eigenvalue weighted by Crippen LogP contribution is 2.36. The standard InChI is InChI=1S/C20H32O4/c1-2-3-7-10-16(22)12-13-18-17(19(23)15-20(18)24)11-8-5-4-6-9-14-21/h5-6,8-9,12-14,16-20,22-24H,2-4,7,10-11,15H2,1H3/b8-5-,9-6+,13-12+/t16-,17+,18+,19-,20+/m0/s1. The predicted octanol–water partition coefficient (Wildman–Crippen LogP) is 2.93. The first-order valence-electron chi connectivity index (χ1n) is 9.08. The molecule has 0 spiro atoms. The van der Waals surface area contributed by atoms with Gasteiger partial charge in [0, 0.05) is 12.3 Å². The number of aliphatic hydroxyl groups excluding tert-OH is 3. The maximum Gasteiger partial charge on any atom is 0.142 e. The van der Waals surface area contributed by atoms with Gasteiger partial charge in [-0.2, -0.15) is 0 Å². The second-order valence-electron chi connectivity index (χ2n) is 6.57. The molecule has 0 aromatic heterocycles. The minimum Gasteiger partial charge on any atom is -0.393 e. The summed E-state index contributed by atoms with van der Waals surface area (Å²) in [4.78, 5) is 10.2. The van der Waals surface area contributed by atoms with Gasteiger partial charge in [-0.05, 0) is 31.3 Å². The van der Waals surface area contributed by atoms with Crippen molar-refractivity contribution in [2.24, 2.45) is 11.8 Å².